The molecule has 0 amide bonds. The lowest BCUT2D eigenvalue weighted by atomic mass is 10.1. The molecule has 0 saturated heterocycles. The van der Waals surface area contributed by atoms with Crippen molar-refractivity contribution in [3.8, 4) is 22.5 Å². The zero-order valence-corrected chi connectivity index (χ0v) is 21.3. The summed E-state index contributed by atoms with van der Waals surface area (Å²) in [5, 5.41) is 4.63. The van der Waals surface area contributed by atoms with Crippen LogP contribution in [0.3, 0.4) is 0 Å². The molecular formula is C24H20N7O5PS. The van der Waals surface area contributed by atoms with Crippen LogP contribution >= 0.6 is 7.75 Å². The van der Waals surface area contributed by atoms with Gasteiger partial charge in [0.15, 0.2) is 11.6 Å². The highest BCUT2D eigenvalue weighted by atomic mass is 32.2. The summed E-state index contributed by atoms with van der Waals surface area (Å²) >= 11 is 0. The minimum absolute atomic E-state index is 0.187. The number of nitrogens with one attached hydrogen (secondary N) is 1. The van der Waals surface area contributed by atoms with Gasteiger partial charge in [-0.1, -0.05) is 36.4 Å². The second-order valence-corrected chi connectivity index (χ2v) is 12.0. The summed E-state index contributed by atoms with van der Waals surface area (Å²) in [5.74, 6) is 0.811. The number of aromatic nitrogens is 5. The van der Waals surface area contributed by atoms with Crippen LogP contribution in [0, 0.1) is 0 Å². The molecule has 4 aromatic heterocycles. The number of hydrogen-bond acceptors (Lipinski definition) is 8. The predicted molar refractivity (Wildman–Crippen MR) is 138 cm³/mol. The molecule has 3 N–H and O–H groups in total. The first-order chi connectivity index (χ1) is 18.2. The lowest BCUT2D eigenvalue weighted by Crippen LogP contribution is -2.21. The maximum atomic E-state index is 12.5. The highest BCUT2D eigenvalue weighted by Crippen LogP contribution is 2.36. The number of benzene rings is 1. The number of rotatable bonds is 6. The van der Waals surface area contributed by atoms with Gasteiger partial charge in [0, 0.05) is 42.5 Å². The summed E-state index contributed by atoms with van der Waals surface area (Å²) < 4.78 is 39.3. The van der Waals surface area contributed by atoms with Crippen LogP contribution in [-0.2, 0) is 27.7 Å². The van der Waals surface area contributed by atoms with E-state index in [1.807, 2.05) is 48.5 Å². The Hall–Kier alpha value is -4.00. The van der Waals surface area contributed by atoms with Crippen LogP contribution in [0.4, 0.5) is 5.82 Å². The van der Waals surface area contributed by atoms with E-state index in [0.29, 0.717) is 18.9 Å². The van der Waals surface area contributed by atoms with Gasteiger partial charge in [0.25, 0.3) is 10.0 Å². The fourth-order valence-corrected chi connectivity index (χ4v) is 6.60. The Morgan fingerprint density at radius 1 is 0.974 bits per heavy atom. The Morgan fingerprint density at radius 2 is 1.79 bits per heavy atom. The number of anilines is 1. The number of sulfonamides is 1. The van der Waals surface area contributed by atoms with Crippen LogP contribution in [0.1, 0.15) is 11.3 Å². The number of pyridine rings is 2. The highest BCUT2D eigenvalue weighted by Gasteiger charge is 2.28. The number of fused-ring (bicyclic) bond motifs is 2. The van der Waals surface area contributed by atoms with Crippen LogP contribution in [0.25, 0.3) is 28.0 Å². The molecule has 1 aliphatic rings. The Bertz CT molecular complexity index is 1820. The Labute approximate surface area is 216 Å². The van der Waals surface area contributed by atoms with Crippen molar-refractivity contribution in [3.05, 3.63) is 90.6 Å². The fraction of sp³-hybridized carbons (Fsp3) is 0.0833. The molecule has 1 aliphatic heterocycles. The molecule has 0 unspecified atom stereocenters. The van der Waals surface area contributed by atoms with E-state index in [2.05, 4.69) is 20.0 Å². The van der Waals surface area contributed by atoms with Crippen molar-refractivity contribution < 1.29 is 22.8 Å². The lowest BCUT2D eigenvalue weighted by Gasteiger charge is -2.19. The van der Waals surface area contributed by atoms with Crippen LogP contribution < -0.4 is 9.39 Å². The van der Waals surface area contributed by atoms with Gasteiger partial charge in [-0.3, -0.25) is 9.97 Å². The van der Waals surface area contributed by atoms with Crippen molar-refractivity contribution >= 4 is 29.1 Å². The van der Waals surface area contributed by atoms with Crippen molar-refractivity contribution in [2.45, 2.75) is 18.0 Å². The van der Waals surface area contributed by atoms with Crippen LogP contribution in [0.15, 0.2) is 84.3 Å². The second-order valence-electron chi connectivity index (χ2n) is 8.66. The van der Waals surface area contributed by atoms with E-state index in [1.54, 1.807) is 16.9 Å². The fourth-order valence-electron chi connectivity index (χ4n) is 4.45. The van der Waals surface area contributed by atoms with Gasteiger partial charge in [-0.25, -0.2) is 22.5 Å². The summed E-state index contributed by atoms with van der Waals surface area (Å²) in [6, 6.07) is 16.9. The Morgan fingerprint density at radius 3 is 2.55 bits per heavy atom. The second kappa shape index (κ2) is 9.08. The maximum absolute atomic E-state index is 12.5. The van der Waals surface area contributed by atoms with Crippen molar-refractivity contribution in [1.29, 1.82) is 0 Å². The first-order valence-corrected chi connectivity index (χ1v) is 14.5. The van der Waals surface area contributed by atoms with Crippen molar-refractivity contribution in [3.63, 3.8) is 0 Å². The number of hydrogen-bond donors (Lipinski definition) is 3. The molecule has 0 radical (unpaired) electrons. The molecule has 12 nitrogen and oxygen atoms in total. The first-order valence-electron chi connectivity index (χ1n) is 11.4. The molecule has 0 aliphatic carbocycles. The van der Waals surface area contributed by atoms with Crippen molar-refractivity contribution in [2.24, 2.45) is 0 Å². The minimum Gasteiger partial charge on any atom is -0.344 e. The molecule has 0 atom stereocenters. The van der Waals surface area contributed by atoms with Gasteiger partial charge in [0.05, 0.1) is 12.2 Å². The zero-order valence-electron chi connectivity index (χ0n) is 19.6. The Balaban J connectivity index is 1.51. The van der Waals surface area contributed by atoms with Crippen LogP contribution in [-0.4, -0.2) is 42.8 Å². The molecule has 0 spiro atoms. The maximum Gasteiger partial charge on any atom is 0.414 e. The summed E-state index contributed by atoms with van der Waals surface area (Å²) in [5.41, 5.74) is 4.96. The third-order valence-electron chi connectivity index (χ3n) is 6.08. The van der Waals surface area contributed by atoms with E-state index in [4.69, 9.17) is 14.8 Å². The van der Waals surface area contributed by atoms with Crippen molar-refractivity contribution in [1.82, 2.24) is 29.1 Å². The normalized spacial score (nSPS) is 13.7. The molecule has 5 heterocycles. The van der Waals surface area contributed by atoms with E-state index in [0.717, 1.165) is 34.1 Å². The summed E-state index contributed by atoms with van der Waals surface area (Å²) in [7, 11) is -9.61. The third-order valence-corrected chi connectivity index (χ3v) is 8.84. The van der Waals surface area contributed by atoms with Gasteiger partial charge in [-0.15, -0.1) is 9.59 Å². The topological polar surface area (TPSA) is 163 Å². The SMILES string of the molecule is O=P(O)(O)NS(=O)(=O)c1cncc(-c2nc(N3Cc4cccnc4C3)c3c(-c4ccccc4)ccn3n2)c1. The third kappa shape index (κ3) is 4.57. The zero-order chi connectivity index (χ0) is 26.5. The van der Waals surface area contributed by atoms with Gasteiger partial charge in [0.2, 0.25) is 0 Å². The monoisotopic (exact) mass is 549 g/mol. The highest BCUT2D eigenvalue weighted by molar-refractivity contribution is 7.94. The van der Waals surface area contributed by atoms with Crippen LogP contribution in [0.2, 0.25) is 0 Å². The molecule has 192 valence electrons. The standard InChI is InChI=1S/C24H20N7O5PS/c32-37(33,34)29-38(35,36)19-11-18(12-25-13-19)23-27-24(30-14-17-7-4-9-26-21(17)15-30)22-20(8-10-31(22)28-23)16-5-2-1-3-6-16/h1-13H,14-15H2,(H3,29,32,33,34). The summed E-state index contributed by atoms with van der Waals surface area (Å²) in [4.78, 5) is 33.2. The van der Waals surface area contributed by atoms with E-state index >= 15 is 0 Å². The largest absolute Gasteiger partial charge is 0.414 e. The molecule has 14 heteroatoms. The molecule has 6 rings (SSSR count). The van der Waals surface area contributed by atoms with Gasteiger partial charge in [0.1, 0.15) is 10.4 Å². The lowest BCUT2D eigenvalue weighted by molar-refractivity contribution is 0.368. The summed E-state index contributed by atoms with van der Waals surface area (Å²) in [6.45, 7) is 1.11. The predicted octanol–water partition coefficient (Wildman–Crippen LogP) is 2.74. The van der Waals surface area contributed by atoms with Gasteiger partial charge in [-0.05, 0) is 29.3 Å². The Kier molecular flexibility index (Phi) is 5.82. The molecule has 0 saturated carbocycles. The molecule has 0 bridgehead atoms. The van der Waals surface area contributed by atoms with Gasteiger partial charge < -0.3 is 14.7 Å². The smallest absolute Gasteiger partial charge is 0.344 e. The van der Waals surface area contributed by atoms with Gasteiger partial charge >= 0.3 is 7.75 Å². The average Bonchev–Trinajstić information content (AvgIpc) is 3.52. The molecular weight excluding hydrogens is 529 g/mol. The molecule has 38 heavy (non-hydrogen) atoms. The quantitative estimate of drug-likeness (QED) is 0.268. The summed E-state index contributed by atoms with van der Waals surface area (Å²) in [6.07, 6.45) is 5.94. The van der Waals surface area contributed by atoms with E-state index < -0.39 is 22.7 Å². The first kappa shape index (κ1) is 24.3. The van der Waals surface area contributed by atoms with E-state index in [9.17, 15) is 13.0 Å². The van der Waals surface area contributed by atoms with E-state index in [-0.39, 0.29) is 11.4 Å². The molecule has 0 fully saturated rings. The van der Waals surface area contributed by atoms with E-state index in [1.165, 1.54) is 16.8 Å². The van der Waals surface area contributed by atoms with Gasteiger partial charge in [-0.2, -0.15) is 0 Å². The number of nitrogens with zero attached hydrogens (tertiary/aromatic N) is 6. The van der Waals surface area contributed by atoms with Crippen molar-refractivity contribution in [2.75, 3.05) is 4.90 Å². The molecule has 5 aromatic rings. The average molecular weight is 550 g/mol. The molecule has 1 aromatic carbocycles. The van der Waals surface area contributed by atoms with Crippen LogP contribution in [0.5, 0.6) is 0 Å². The minimum atomic E-state index is -5.06.